The van der Waals surface area contributed by atoms with E-state index in [1.165, 1.54) is 25.7 Å². The van der Waals surface area contributed by atoms with Crippen molar-refractivity contribution in [3.8, 4) is 0 Å². The SMILES string of the molecule is CSC1CCC(Nc2nc(Cl)nc3[nH]ncc23)CC1. The van der Waals surface area contributed by atoms with Crippen molar-refractivity contribution >= 4 is 40.2 Å². The second kappa shape index (κ2) is 5.54. The van der Waals surface area contributed by atoms with E-state index in [0.717, 1.165) is 16.5 Å². The lowest BCUT2D eigenvalue weighted by Gasteiger charge is -2.28. The van der Waals surface area contributed by atoms with Gasteiger partial charge in [-0.3, -0.25) is 5.10 Å². The van der Waals surface area contributed by atoms with Gasteiger partial charge in [-0.1, -0.05) is 0 Å². The molecule has 3 rings (SSSR count). The fraction of sp³-hybridized carbons (Fsp3) is 0.583. The Balaban J connectivity index is 1.76. The molecular formula is C12H16ClN5S. The summed E-state index contributed by atoms with van der Waals surface area (Å²) in [4.78, 5) is 8.39. The maximum absolute atomic E-state index is 5.93. The molecule has 0 bridgehead atoms. The fourth-order valence-corrected chi connectivity index (χ4v) is 3.47. The lowest BCUT2D eigenvalue weighted by molar-refractivity contribution is 0.472. The number of thioether (sulfide) groups is 1. The molecule has 2 heterocycles. The summed E-state index contributed by atoms with van der Waals surface area (Å²) in [5.74, 6) is 0.788. The first kappa shape index (κ1) is 13.0. The predicted octanol–water partition coefficient (Wildman–Crippen LogP) is 3.09. The van der Waals surface area contributed by atoms with Crippen LogP contribution in [-0.2, 0) is 0 Å². The summed E-state index contributed by atoms with van der Waals surface area (Å²) in [5.41, 5.74) is 0.681. The van der Waals surface area contributed by atoms with E-state index in [0.29, 0.717) is 11.7 Å². The quantitative estimate of drug-likeness (QED) is 0.852. The van der Waals surface area contributed by atoms with Crippen molar-refractivity contribution in [2.75, 3.05) is 11.6 Å². The van der Waals surface area contributed by atoms with E-state index in [2.05, 4.69) is 31.7 Å². The van der Waals surface area contributed by atoms with Crippen molar-refractivity contribution < 1.29 is 0 Å². The molecule has 2 N–H and O–H groups in total. The van der Waals surface area contributed by atoms with E-state index in [1.54, 1.807) is 6.20 Å². The second-order valence-electron chi connectivity index (χ2n) is 4.83. The predicted molar refractivity (Wildman–Crippen MR) is 79.9 cm³/mol. The molecule has 0 spiro atoms. The number of aromatic nitrogens is 4. The number of H-pyrrole nitrogens is 1. The molecule has 7 heteroatoms. The largest absolute Gasteiger partial charge is 0.367 e. The summed E-state index contributed by atoms with van der Waals surface area (Å²) in [5, 5.41) is 12.3. The first-order chi connectivity index (χ1) is 9.26. The number of hydrogen-bond acceptors (Lipinski definition) is 5. The molecule has 19 heavy (non-hydrogen) atoms. The molecule has 1 fully saturated rings. The van der Waals surface area contributed by atoms with E-state index in [-0.39, 0.29) is 5.28 Å². The first-order valence-corrected chi connectivity index (χ1v) is 8.09. The van der Waals surface area contributed by atoms with Crippen LogP contribution >= 0.6 is 23.4 Å². The lowest BCUT2D eigenvalue weighted by Crippen LogP contribution is -2.27. The maximum atomic E-state index is 5.93. The second-order valence-corrected chi connectivity index (χ2v) is 6.30. The van der Waals surface area contributed by atoms with Gasteiger partial charge in [0.15, 0.2) is 5.65 Å². The summed E-state index contributed by atoms with van der Waals surface area (Å²) in [6.07, 6.45) is 8.79. The molecule has 0 aliphatic heterocycles. The first-order valence-electron chi connectivity index (χ1n) is 6.42. The average Bonchev–Trinajstić information content (AvgIpc) is 2.88. The van der Waals surface area contributed by atoms with Gasteiger partial charge in [-0.25, -0.2) is 0 Å². The van der Waals surface area contributed by atoms with Crippen LogP contribution in [0, 0.1) is 0 Å². The van der Waals surface area contributed by atoms with Crippen LogP contribution < -0.4 is 5.32 Å². The Labute approximate surface area is 120 Å². The van der Waals surface area contributed by atoms with Gasteiger partial charge >= 0.3 is 0 Å². The van der Waals surface area contributed by atoms with Crippen LogP contribution in [-0.4, -0.2) is 37.7 Å². The number of fused-ring (bicyclic) bond motifs is 1. The Bertz CT molecular complexity index is 564. The standard InChI is InChI=1S/C12H16ClN5S/c1-19-8-4-2-7(3-5-8)15-10-9-6-14-18-11(9)17-12(13)16-10/h6-8H,2-5H2,1H3,(H2,14,15,16,17,18). The highest BCUT2D eigenvalue weighted by Gasteiger charge is 2.21. The zero-order valence-electron chi connectivity index (χ0n) is 10.7. The van der Waals surface area contributed by atoms with Gasteiger partial charge in [0.2, 0.25) is 5.28 Å². The van der Waals surface area contributed by atoms with Crippen molar-refractivity contribution in [2.24, 2.45) is 0 Å². The van der Waals surface area contributed by atoms with E-state index in [4.69, 9.17) is 11.6 Å². The van der Waals surface area contributed by atoms with Crippen LogP contribution in [0.25, 0.3) is 11.0 Å². The maximum Gasteiger partial charge on any atom is 0.226 e. The Kier molecular flexibility index (Phi) is 3.79. The summed E-state index contributed by atoms with van der Waals surface area (Å²) in [6, 6.07) is 0.465. The van der Waals surface area contributed by atoms with Crippen LogP contribution in [0.5, 0.6) is 0 Å². The third-order valence-corrected chi connectivity index (χ3v) is 4.94. The number of nitrogens with zero attached hydrogens (tertiary/aromatic N) is 3. The van der Waals surface area contributed by atoms with Crippen molar-refractivity contribution in [1.82, 2.24) is 20.2 Å². The van der Waals surface area contributed by atoms with E-state index >= 15 is 0 Å². The smallest absolute Gasteiger partial charge is 0.226 e. The monoisotopic (exact) mass is 297 g/mol. The fourth-order valence-electron chi connectivity index (χ4n) is 2.55. The minimum Gasteiger partial charge on any atom is -0.367 e. The molecular weight excluding hydrogens is 282 g/mol. The summed E-state index contributed by atoms with van der Waals surface area (Å²) in [6.45, 7) is 0. The number of rotatable bonds is 3. The van der Waals surface area contributed by atoms with Crippen molar-refractivity contribution in [3.63, 3.8) is 0 Å². The van der Waals surface area contributed by atoms with Gasteiger partial charge in [0.25, 0.3) is 0 Å². The summed E-state index contributed by atoms with van der Waals surface area (Å²) in [7, 11) is 0. The highest BCUT2D eigenvalue weighted by atomic mass is 35.5. The molecule has 0 unspecified atom stereocenters. The summed E-state index contributed by atoms with van der Waals surface area (Å²) >= 11 is 7.90. The molecule has 0 aromatic carbocycles. The van der Waals surface area contributed by atoms with Crippen LogP contribution in [0.4, 0.5) is 5.82 Å². The molecule has 1 aliphatic rings. The number of anilines is 1. The van der Waals surface area contributed by atoms with Gasteiger partial charge in [-0.05, 0) is 43.5 Å². The average molecular weight is 298 g/mol. The molecule has 0 radical (unpaired) electrons. The number of halogens is 1. The molecule has 2 aromatic rings. The molecule has 1 saturated carbocycles. The van der Waals surface area contributed by atoms with Crippen LogP contribution in [0.1, 0.15) is 25.7 Å². The van der Waals surface area contributed by atoms with E-state index < -0.39 is 0 Å². The molecule has 2 aromatic heterocycles. The molecule has 0 saturated heterocycles. The number of hydrogen-bond donors (Lipinski definition) is 2. The molecule has 1 aliphatic carbocycles. The lowest BCUT2D eigenvalue weighted by atomic mass is 9.95. The molecule has 102 valence electrons. The van der Waals surface area contributed by atoms with Crippen LogP contribution in [0.15, 0.2) is 6.20 Å². The van der Waals surface area contributed by atoms with Crippen LogP contribution in [0.2, 0.25) is 5.28 Å². The van der Waals surface area contributed by atoms with Gasteiger partial charge in [-0.2, -0.15) is 26.8 Å². The van der Waals surface area contributed by atoms with Gasteiger partial charge in [0.1, 0.15) is 5.82 Å². The zero-order chi connectivity index (χ0) is 13.2. The minimum atomic E-state index is 0.247. The van der Waals surface area contributed by atoms with Gasteiger partial charge in [0, 0.05) is 11.3 Å². The normalized spacial score (nSPS) is 23.7. The van der Waals surface area contributed by atoms with Gasteiger partial charge in [-0.15, -0.1) is 0 Å². The topological polar surface area (TPSA) is 66.5 Å². The van der Waals surface area contributed by atoms with Gasteiger partial charge in [0.05, 0.1) is 11.6 Å². The Morgan fingerprint density at radius 1 is 1.32 bits per heavy atom. The molecule has 0 atom stereocenters. The third-order valence-electron chi connectivity index (χ3n) is 3.63. The van der Waals surface area contributed by atoms with Crippen molar-refractivity contribution in [2.45, 2.75) is 37.0 Å². The third kappa shape index (κ3) is 2.79. The summed E-state index contributed by atoms with van der Waals surface area (Å²) < 4.78 is 0. The molecule has 0 amide bonds. The van der Waals surface area contributed by atoms with E-state index in [1.807, 2.05) is 11.8 Å². The van der Waals surface area contributed by atoms with Gasteiger partial charge < -0.3 is 5.32 Å². The Morgan fingerprint density at radius 2 is 2.11 bits per heavy atom. The minimum absolute atomic E-state index is 0.247. The van der Waals surface area contributed by atoms with E-state index in [9.17, 15) is 0 Å². The highest BCUT2D eigenvalue weighted by molar-refractivity contribution is 7.99. The zero-order valence-corrected chi connectivity index (χ0v) is 12.3. The Hall–Kier alpha value is -1.01. The number of nitrogens with one attached hydrogen (secondary N) is 2. The highest BCUT2D eigenvalue weighted by Crippen LogP contribution is 2.29. The van der Waals surface area contributed by atoms with Crippen LogP contribution in [0.3, 0.4) is 0 Å². The molecule has 5 nitrogen and oxygen atoms in total. The van der Waals surface area contributed by atoms with Crippen molar-refractivity contribution in [3.05, 3.63) is 11.5 Å². The Morgan fingerprint density at radius 3 is 2.84 bits per heavy atom. The van der Waals surface area contributed by atoms with Crippen molar-refractivity contribution in [1.29, 1.82) is 0 Å². The number of aromatic amines is 1.